The molecule has 0 aliphatic heterocycles. The zero-order valence-electron chi connectivity index (χ0n) is 10.9. The van der Waals surface area contributed by atoms with Gasteiger partial charge in [0.25, 0.3) is 0 Å². The number of nitrogens with zero attached hydrogens (tertiary/aromatic N) is 4. The molecule has 1 rings (SSSR count). The number of aromatic nitrogens is 2. The Morgan fingerprint density at radius 1 is 1.56 bits per heavy atom. The maximum atomic E-state index is 8.54. The van der Waals surface area contributed by atoms with Crippen LogP contribution in [-0.4, -0.2) is 46.1 Å². The lowest BCUT2D eigenvalue weighted by atomic mass is 10.2. The van der Waals surface area contributed by atoms with Crippen LogP contribution in [0.2, 0.25) is 0 Å². The van der Waals surface area contributed by atoms with Crippen molar-refractivity contribution in [3.63, 3.8) is 0 Å². The number of hydrogen-bond donors (Lipinski definition) is 2. The molecular formula is C11H19N5OS. The van der Waals surface area contributed by atoms with E-state index in [4.69, 9.17) is 10.9 Å². The minimum atomic E-state index is -0.0344. The van der Waals surface area contributed by atoms with Crippen LogP contribution >= 0.6 is 11.8 Å². The van der Waals surface area contributed by atoms with Crippen molar-refractivity contribution in [2.45, 2.75) is 19.4 Å². The molecular weight excluding hydrogens is 250 g/mol. The molecule has 100 valence electrons. The number of anilines is 1. The van der Waals surface area contributed by atoms with Crippen LogP contribution in [0.25, 0.3) is 0 Å². The van der Waals surface area contributed by atoms with Gasteiger partial charge in [-0.15, -0.1) is 0 Å². The van der Waals surface area contributed by atoms with E-state index in [0.29, 0.717) is 11.7 Å². The van der Waals surface area contributed by atoms with E-state index in [9.17, 15) is 0 Å². The molecule has 0 spiro atoms. The van der Waals surface area contributed by atoms with E-state index in [1.165, 1.54) is 6.20 Å². The maximum Gasteiger partial charge on any atom is 0.190 e. The molecule has 1 unspecified atom stereocenters. The predicted molar refractivity (Wildman–Crippen MR) is 75.4 cm³/mol. The van der Waals surface area contributed by atoms with Gasteiger partial charge in [0.15, 0.2) is 5.84 Å². The summed E-state index contributed by atoms with van der Waals surface area (Å²) in [4.78, 5) is 10.5. The lowest BCUT2D eigenvalue weighted by molar-refractivity contribution is 0.318. The third-order valence-electron chi connectivity index (χ3n) is 2.75. The van der Waals surface area contributed by atoms with Gasteiger partial charge < -0.3 is 15.8 Å². The highest BCUT2D eigenvalue weighted by Crippen LogP contribution is 2.15. The van der Waals surface area contributed by atoms with Gasteiger partial charge in [0.1, 0.15) is 11.5 Å². The monoisotopic (exact) mass is 269 g/mol. The van der Waals surface area contributed by atoms with Gasteiger partial charge in [0, 0.05) is 18.8 Å². The second-order valence-corrected chi connectivity index (χ2v) is 4.78. The van der Waals surface area contributed by atoms with Crippen molar-refractivity contribution >= 4 is 23.4 Å². The van der Waals surface area contributed by atoms with Crippen LogP contribution in [0.4, 0.5) is 5.82 Å². The predicted octanol–water partition coefficient (Wildman–Crippen LogP) is 1.15. The van der Waals surface area contributed by atoms with Gasteiger partial charge in [-0.25, -0.2) is 9.97 Å². The Bertz CT molecular complexity index is 395. The molecule has 0 bridgehead atoms. The molecule has 0 saturated heterocycles. The third kappa shape index (κ3) is 3.49. The van der Waals surface area contributed by atoms with Crippen LogP contribution in [0.15, 0.2) is 17.5 Å². The molecule has 6 nitrogen and oxygen atoms in total. The molecule has 0 aliphatic rings. The molecule has 0 fully saturated rings. The summed E-state index contributed by atoms with van der Waals surface area (Å²) in [5.41, 5.74) is 5.80. The fourth-order valence-corrected chi connectivity index (χ4v) is 2.41. The minimum Gasteiger partial charge on any atom is -0.409 e. The van der Waals surface area contributed by atoms with Gasteiger partial charge >= 0.3 is 0 Å². The molecule has 18 heavy (non-hydrogen) atoms. The summed E-state index contributed by atoms with van der Waals surface area (Å²) in [5.74, 6) is 1.79. The molecule has 1 atom stereocenters. The van der Waals surface area contributed by atoms with E-state index < -0.39 is 0 Å². The Morgan fingerprint density at radius 2 is 2.28 bits per heavy atom. The minimum absolute atomic E-state index is 0.0344. The Balaban J connectivity index is 2.84. The highest BCUT2D eigenvalue weighted by Gasteiger charge is 2.14. The van der Waals surface area contributed by atoms with Crippen molar-refractivity contribution < 1.29 is 5.21 Å². The molecule has 0 aliphatic carbocycles. The summed E-state index contributed by atoms with van der Waals surface area (Å²) in [7, 11) is 2.00. The molecule has 3 N–H and O–H groups in total. The highest BCUT2D eigenvalue weighted by atomic mass is 32.2. The van der Waals surface area contributed by atoms with Crippen molar-refractivity contribution in [2.24, 2.45) is 10.9 Å². The molecule has 0 radical (unpaired) electrons. The van der Waals surface area contributed by atoms with E-state index in [-0.39, 0.29) is 5.84 Å². The van der Waals surface area contributed by atoms with Crippen LogP contribution in [0.1, 0.15) is 19.0 Å². The van der Waals surface area contributed by atoms with Gasteiger partial charge in [-0.05, 0) is 12.7 Å². The average molecular weight is 269 g/mol. The zero-order chi connectivity index (χ0) is 13.5. The van der Waals surface area contributed by atoms with Gasteiger partial charge in [-0.2, -0.15) is 11.8 Å². The Morgan fingerprint density at radius 3 is 2.72 bits per heavy atom. The molecule has 0 saturated carbocycles. The Kier molecular flexibility index (Phi) is 5.70. The fourth-order valence-electron chi connectivity index (χ4n) is 1.57. The summed E-state index contributed by atoms with van der Waals surface area (Å²) in [6.07, 6.45) is 6.27. The summed E-state index contributed by atoms with van der Waals surface area (Å²) >= 11 is 1.81. The fraction of sp³-hybridized carbons (Fsp3) is 0.545. The van der Waals surface area contributed by atoms with E-state index in [1.807, 2.05) is 7.05 Å². The lowest BCUT2D eigenvalue weighted by Gasteiger charge is -2.27. The molecule has 1 aromatic heterocycles. The quantitative estimate of drug-likeness (QED) is 0.348. The van der Waals surface area contributed by atoms with Gasteiger partial charge in [-0.3, -0.25) is 0 Å². The molecule has 7 heteroatoms. The first-order valence-electron chi connectivity index (χ1n) is 5.65. The van der Waals surface area contributed by atoms with Crippen molar-refractivity contribution in [3.05, 3.63) is 18.1 Å². The third-order valence-corrected chi connectivity index (χ3v) is 3.47. The maximum absolute atomic E-state index is 8.54. The van der Waals surface area contributed by atoms with Crippen LogP contribution in [0, 0.1) is 0 Å². The molecule has 0 amide bonds. The number of rotatable bonds is 6. The average Bonchev–Trinajstić information content (AvgIpc) is 2.43. The Labute approximate surface area is 111 Å². The number of thioether (sulfide) groups is 1. The van der Waals surface area contributed by atoms with Crippen molar-refractivity contribution in [1.82, 2.24) is 9.97 Å². The van der Waals surface area contributed by atoms with Gasteiger partial charge in [-0.1, -0.05) is 12.1 Å². The van der Waals surface area contributed by atoms with Crippen LogP contribution < -0.4 is 10.6 Å². The molecule has 1 aromatic rings. The first-order valence-corrected chi connectivity index (χ1v) is 7.05. The smallest absolute Gasteiger partial charge is 0.190 e. The first-order chi connectivity index (χ1) is 8.63. The number of oxime groups is 1. The summed E-state index contributed by atoms with van der Waals surface area (Å²) in [6, 6.07) is 0.420. The number of nitrogens with two attached hydrogens (primary N) is 1. The summed E-state index contributed by atoms with van der Waals surface area (Å²) in [6.45, 7) is 2.15. The second kappa shape index (κ2) is 7.05. The highest BCUT2D eigenvalue weighted by molar-refractivity contribution is 7.98. The number of hydrogen-bond acceptors (Lipinski definition) is 6. The first kappa shape index (κ1) is 14.6. The second-order valence-electron chi connectivity index (χ2n) is 3.87. The van der Waals surface area contributed by atoms with Crippen LogP contribution in [0.5, 0.6) is 0 Å². The van der Waals surface area contributed by atoms with Gasteiger partial charge in [0.2, 0.25) is 0 Å². The topological polar surface area (TPSA) is 87.6 Å². The van der Waals surface area contributed by atoms with Crippen molar-refractivity contribution in [1.29, 1.82) is 0 Å². The SMILES string of the molecule is CCC(CSC)N(C)c1cnc(C(N)=NO)cn1. The Hall–Kier alpha value is -1.50. The van der Waals surface area contributed by atoms with Crippen molar-refractivity contribution in [3.8, 4) is 0 Å². The number of amidine groups is 1. The summed E-state index contributed by atoms with van der Waals surface area (Å²) < 4.78 is 0. The lowest BCUT2D eigenvalue weighted by Crippen LogP contribution is -2.34. The normalized spacial score (nSPS) is 13.4. The van der Waals surface area contributed by atoms with E-state index in [1.54, 1.807) is 18.0 Å². The van der Waals surface area contributed by atoms with E-state index in [2.05, 4.69) is 33.2 Å². The van der Waals surface area contributed by atoms with Crippen LogP contribution in [0.3, 0.4) is 0 Å². The zero-order valence-corrected chi connectivity index (χ0v) is 11.7. The van der Waals surface area contributed by atoms with E-state index >= 15 is 0 Å². The van der Waals surface area contributed by atoms with Crippen LogP contribution in [-0.2, 0) is 0 Å². The largest absolute Gasteiger partial charge is 0.409 e. The van der Waals surface area contributed by atoms with Crippen molar-refractivity contribution in [2.75, 3.05) is 24.0 Å². The molecule has 1 heterocycles. The molecule has 0 aromatic carbocycles. The standard InChI is InChI=1S/C11H19N5OS/c1-4-8(7-18-3)16(2)10-6-13-9(5-14-10)11(12)15-17/h5-6,8,17H,4,7H2,1-3H3,(H2,12,15). The van der Waals surface area contributed by atoms with E-state index in [0.717, 1.165) is 18.0 Å². The van der Waals surface area contributed by atoms with Gasteiger partial charge in [0.05, 0.1) is 12.4 Å². The summed E-state index contributed by atoms with van der Waals surface area (Å²) in [5, 5.41) is 11.4.